The molecule has 0 aliphatic heterocycles. The summed E-state index contributed by atoms with van der Waals surface area (Å²) in [5.41, 5.74) is 19.7. The van der Waals surface area contributed by atoms with Crippen LogP contribution in [0.3, 0.4) is 0 Å². The van der Waals surface area contributed by atoms with Gasteiger partial charge in [-0.2, -0.15) is 0 Å². The van der Waals surface area contributed by atoms with E-state index in [1.807, 2.05) is 6.08 Å². The van der Waals surface area contributed by atoms with Gasteiger partial charge in [0.2, 0.25) is 6.71 Å². The van der Waals surface area contributed by atoms with Gasteiger partial charge in [0.1, 0.15) is 0 Å². The first-order valence-corrected chi connectivity index (χ1v) is 16.5. The largest absolute Gasteiger partial charge is 0.239 e. The van der Waals surface area contributed by atoms with E-state index in [1.54, 1.807) is 11.5 Å². The maximum absolute atomic E-state index is 4.49. The second kappa shape index (κ2) is 12.3. The van der Waals surface area contributed by atoms with Crippen molar-refractivity contribution in [2.45, 2.75) is 48.0 Å². The van der Waals surface area contributed by atoms with E-state index >= 15 is 0 Å². The van der Waals surface area contributed by atoms with Crippen LogP contribution in [0.2, 0.25) is 0 Å². The molecule has 0 aromatic heterocycles. The molecule has 1 saturated carbocycles. The summed E-state index contributed by atoms with van der Waals surface area (Å²) in [5, 5.41) is 0. The van der Waals surface area contributed by atoms with Crippen LogP contribution in [-0.2, 0) is 0 Å². The van der Waals surface area contributed by atoms with E-state index in [0.717, 1.165) is 17.6 Å². The first-order valence-electron chi connectivity index (χ1n) is 16.5. The fraction of sp³-hybridized carbons (Fsp3) is 0.200. The Morgan fingerprint density at radius 2 is 1.15 bits per heavy atom. The predicted molar refractivity (Wildman–Crippen MR) is 202 cm³/mol. The third-order valence-corrected chi connectivity index (χ3v) is 10.4. The molecule has 0 N–H and O–H groups in total. The molecule has 4 aromatic carbocycles. The fourth-order valence-corrected chi connectivity index (χ4v) is 8.11. The number of allylic oxidation sites excluding steroid dienone is 9. The number of hydrogen-bond donors (Lipinski definition) is 0. The van der Waals surface area contributed by atoms with Crippen molar-refractivity contribution in [3.8, 4) is 22.3 Å². The molecule has 6 rings (SSSR count). The third-order valence-electron chi connectivity index (χ3n) is 10.4. The molecular formula is C45H45B. The van der Waals surface area contributed by atoms with Gasteiger partial charge >= 0.3 is 0 Å². The molecule has 0 nitrogen and oxygen atoms in total. The van der Waals surface area contributed by atoms with E-state index in [1.165, 1.54) is 66.6 Å². The van der Waals surface area contributed by atoms with Gasteiger partial charge in [-0.3, -0.25) is 0 Å². The minimum absolute atomic E-state index is 0.0685. The number of fused-ring (bicyclic) bond motifs is 1. The number of aryl methyl sites for hydroxylation is 4. The molecule has 1 fully saturated rings. The highest BCUT2D eigenvalue weighted by molar-refractivity contribution is 6.92. The van der Waals surface area contributed by atoms with Crippen LogP contribution in [0, 0.1) is 39.0 Å². The molecule has 2 aliphatic carbocycles. The molecule has 228 valence electrons. The molecule has 0 bridgehead atoms. The van der Waals surface area contributed by atoms with Crippen LogP contribution >= 0.6 is 0 Å². The van der Waals surface area contributed by atoms with Crippen molar-refractivity contribution < 1.29 is 0 Å². The molecule has 4 aromatic rings. The summed E-state index contributed by atoms with van der Waals surface area (Å²) in [7, 11) is 0. The van der Waals surface area contributed by atoms with Crippen molar-refractivity contribution in [2.24, 2.45) is 11.3 Å². The molecule has 2 aliphatic rings. The first-order chi connectivity index (χ1) is 22.0. The summed E-state index contributed by atoms with van der Waals surface area (Å²) >= 11 is 0. The Labute approximate surface area is 277 Å². The molecule has 1 heteroatoms. The van der Waals surface area contributed by atoms with Crippen LogP contribution in [0.15, 0.2) is 157 Å². The standard InChI is InChI=1S/C45H45B/c1-10-29(2)21-22-30(3)40-27-35(8)44(45(9)28-41(40)45)46(42-31(4)23-38(24-32(42)5)36-17-13-11-14-18-36)43-33(6)25-39(26-34(43)7)37-19-15-12-16-20-37/h10-27,41H,1-3,28H2,4-9H3/b22-21-/t41?,45-/m0/s1. The second-order valence-corrected chi connectivity index (χ2v) is 13.7. The molecule has 0 saturated heterocycles. The number of rotatable bonds is 9. The first kappa shape index (κ1) is 31.4. The third kappa shape index (κ3) is 5.65. The van der Waals surface area contributed by atoms with Gasteiger partial charge < -0.3 is 0 Å². The number of hydrogen-bond acceptors (Lipinski definition) is 0. The molecule has 0 amide bonds. The molecule has 0 spiro atoms. The highest BCUT2D eigenvalue weighted by atomic mass is 14.6. The van der Waals surface area contributed by atoms with E-state index in [0.29, 0.717) is 5.92 Å². The molecule has 2 atom stereocenters. The Morgan fingerprint density at radius 3 is 1.59 bits per heavy atom. The lowest BCUT2D eigenvalue weighted by molar-refractivity contribution is 0.649. The summed E-state index contributed by atoms with van der Waals surface area (Å²) in [6.07, 6.45) is 9.48. The second-order valence-electron chi connectivity index (χ2n) is 13.7. The maximum atomic E-state index is 4.49. The van der Waals surface area contributed by atoms with E-state index < -0.39 is 0 Å². The van der Waals surface area contributed by atoms with Crippen LogP contribution in [0.4, 0.5) is 0 Å². The minimum atomic E-state index is 0.0685. The lowest BCUT2D eigenvalue weighted by atomic mass is 9.30. The van der Waals surface area contributed by atoms with Crippen LogP contribution in [0.5, 0.6) is 0 Å². The highest BCUT2D eigenvalue weighted by Gasteiger charge is 2.59. The van der Waals surface area contributed by atoms with Gasteiger partial charge in [0, 0.05) is 0 Å². The van der Waals surface area contributed by atoms with Crippen molar-refractivity contribution in [3.05, 3.63) is 179 Å². The Balaban J connectivity index is 1.56. The Morgan fingerprint density at radius 1 is 0.696 bits per heavy atom. The number of benzene rings is 4. The van der Waals surface area contributed by atoms with Crippen LogP contribution in [0.1, 0.15) is 42.5 Å². The predicted octanol–water partition coefficient (Wildman–Crippen LogP) is 10.5. The Kier molecular flexibility index (Phi) is 8.38. The Bertz CT molecular complexity index is 1820. The maximum Gasteiger partial charge on any atom is 0.239 e. The quantitative estimate of drug-likeness (QED) is 0.133. The molecule has 0 heterocycles. The monoisotopic (exact) mass is 596 g/mol. The van der Waals surface area contributed by atoms with Gasteiger partial charge in [0.05, 0.1) is 0 Å². The SMILES string of the molecule is C=CC(=C)/C=C\C(=C)C1=CC(C)=C(B(c2c(C)cc(-c3ccccc3)cc2C)c2c(C)cc(-c3ccccc3)cc2C)[C@@]2(C)CC12. The Hall–Kier alpha value is -4.62. The van der Waals surface area contributed by atoms with E-state index in [2.05, 4.69) is 158 Å². The van der Waals surface area contributed by atoms with Crippen LogP contribution in [-0.4, -0.2) is 6.71 Å². The van der Waals surface area contributed by atoms with Crippen molar-refractivity contribution in [1.82, 2.24) is 0 Å². The summed E-state index contributed by atoms with van der Waals surface area (Å²) in [5.74, 6) is 0.455. The highest BCUT2D eigenvalue weighted by Crippen LogP contribution is 2.65. The van der Waals surface area contributed by atoms with Gasteiger partial charge in [-0.25, -0.2) is 0 Å². The normalized spacial score (nSPS) is 18.7. The molecule has 0 radical (unpaired) electrons. The minimum Gasteiger partial charge on any atom is -0.0985 e. The molecule has 46 heavy (non-hydrogen) atoms. The average Bonchev–Trinajstić information content (AvgIpc) is 3.74. The molecule has 1 unspecified atom stereocenters. The van der Waals surface area contributed by atoms with Crippen molar-refractivity contribution in [1.29, 1.82) is 0 Å². The molecular weight excluding hydrogens is 551 g/mol. The van der Waals surface area contributed by atoms with Crippen molar-refractivity contribution in [3.63, 3.8) is 0 Å². The van der Waals surface area contributed by atoms with Crippen LogP contribution in [0.25, 0.3) is 22.3 Å². The zero-order valence-corrected chi connectivity index (χ0v) is 28.4. The van der Waals surface area contributed by atoms with E-state index in [4.69, 9.17) is 0 Å². The van der Waals surface area contributed by atoms with Gasteiger partial charge in [-0.15, -0.1) is 0 Å². The lowest BCUT2D eigenvalue weighted by Gasteiger charge is -2.34. The van der Waals surface area contributed by atoms with Crippen molar-refractivity contribution in [2.75, 3.05) is 0 Å². The van der Waals surface area contributed by atoms with Crippen molar-refractivity contribution >= 4 is 17.6 Å². The fourth-order valence-electron chi connectivity index (χ4n) is 8.11. The van der Waals surface area contributed by atoms with E-state index in [9.17, 15) is 0 Å². The van der Waals surface area contributed by atoms with Gasteiger partial charge in [0.15, 0.2) is 0 Å². The van der Waals surface area contributed by atoms with Gasteiger partial charge in [-0.1, -0.05) is 180 Å². The zero-order chi connectivity index (χ0) is 32.7. The zero-order valence-electron chi connectivity index (χ0n) is 28.4. The summed E-state index contributed by atoms with van der Waals surface area (Å²) in [6, 6.07) is 31.1. The summed E-state index contributed by atoms with van der Waals surface area (Å²) in [4.78, 5) is 0. The summed E-state index contributed by atoms with van der Waals surface area (Å²) < 4.78 is 0. The topological polar surface area (TPSA) is 0 Å². The van der Waals surface area contributed by atoms with Crippen LogP contribution < -0.4 is 10.9 Å². The van der Waals surface area contributed by atoms with E-state index in [-0.39, 0.29) is 12.1 Å². The average molecular weight is 597 g/mol. The smallest absolute Gasteiger partial charge is 0.0985 e. The van der Waals surface area contributed by atoms with Gasteiger partial charge in [-0.05, 0) is 91.3 Å². The summed E-state index contributed by atoms with van der Waals surface area (Å²) in [6.45, 7) is 26.6. The lowest BCUT2D eigenvalue weighted by Crippen LogP contribution is -2.51. The van der Waals surface area contributed by atoms with Gasteiger partial charge in [0.25, 0.3) is 0 Å².